The van der Waals surface area contributed by atoms with Gasteiger partial charge in [-0.15, -0.1) is 0 Å². The predicted octanol–water partition coefficient (Wildman–Crippen LogP) is 4.43. The number of hydrogen-bond donors (Lipinski definition) is 1. The van der Waals surface area contributed by atoms with Crippen LogP contribution in [0.4, 0.5) is 24.5 Å². The van der Waals surface area contributed by atoms with E-state index in [2.05, 4.69) is 5.32 Å². The van der Waals surface area contributed by atoms with Crippen molar-refractivity contribution >= 4 is 50.5 Å². The topological polar surface area (TPSA) is 75.7 Å². The van der Waals surface area contributed by atoms with Crippen LogP contribution in [0.5, 0.6) is 5.75 Å². The van der Waals surface area contributed by atoms with Gasteiger partial charge in [0.1, 0.15) is 12.3 Å². The molecule has 6 nitrogen and oxygen atoms in total. The van der Waals surface area contributed by atoms with Crippen molar-refractivity contribution in [2.24, 2.45) is 0 Å². The molecule has 0 saturated carbocycles. The van der Waals surface area contributed by atoms with E-state index in [-0.39, 0.29) is 27.2 Å². The van der Waals surface area contributed by atoms with E-state index in [1.165, 1.54) is 25.3 Å². The third-order valence-corrected chi connectivity index (χ3v) is 5.38. The highest BCUT2D eigenvalue weighted by Gasteiger charge is 2.31. The number of halogens is 5. The molecule has 0 aliphatic heterocycles. The van der Waals surface area contributed by atoms with Gasteiger partial charge in [-0.2, -0.15) is 13.2 Å². The van der Waals surface area contributed by atoms with Gasteiger partial charge in [0.25, 0.3) is 0 Å². The Bertz CT molecular complexity index is 1030. The molecule has 2 aromatic carbocycles. The number of nitrogens with zero attached hydrogens (tertiary/aromatic N) is 1. The van der Waals surface area contributed by atoms with E-state index in [0.29, 0.717) is 4.31 Å². The fourth-order valence-corrected chi connectivity index (χ4v) is 3.82. The summed E-state index contributed by atoms with van der Waals surface area (Å²) in [7, 11) is -2.68. The van der Waals surface area contributed by atoms with Crippen molar-refractivity contribution in [1.82, 2.24) is 0 Å². The summed E-state index contributed by atoms with van der Waals surface area (Å²) >= 11 is 12.0. The summed E-state index contributed by atoms with van der Waals surface area (Å²) in [5.41, 5.74) is -1.17. The lowest BCUT2D eigenvalue weighted by atomic mass is 10.2. The van der Waals surface area contributed by atoms with Crippen LogP contribution >= 0.6 is 23.2 Å². The average molecular weight is 471 g/mol. The highest BCUT2D eigenvalue weighted by Crippen LogP contribution is 2.37. The van der Waals surface area contributed by atoms with Crippen LogP contribution in [0, 0.1) is 0 Å². The molecule has 0 unspecified atom stereocenters. The van der Waals surface area contributed by atoms with E-state index in [4.69, 9.17) is 27.9 Å². The second kappa shape index (κ2) is 8.68. The first kappa shape index (κ1) is 23.1. The largest absolute Gasteiger partial charge is 0.495 e. The molecule has 0 aliphatic carbocycles. The van der Waals surface area contributed by atoms with E-state index in [0.717, 1.165) is 24.5 Å². The molecular formula is C17H15Cl2F3N2O4S. The Morgan fingerprint density at radius 2 is 1.83 bits per heavy atom. The highest BCUT2D eigenvalue weighted by atomic mass is 35.5. The summed E-state index contributed by atoms with van der Waals surface area (Å²) in [4.78, 5) is 12.3. The van der Waals surface area contributed by atoms with Gasteiger partial charge >= 0.3 is 6.18 Å². The van der Waals surface area contributed by atoms with Crippen LogP contribution in [0.25, 0.3) is 0 Å². The number of methoxy groups -OCH3 is 1. The fraction of sp³-hybridized carbons (Fsp3) is 0.235. The van der Waals surface area contributed by atoms with E-state index < -0.39 is 34.2 Å². The van der Waals surface area contributed by atoms with E-state index in [1.807, 2.05) is 0 Å². The Balaban J connectivity index is 2.32. The maximum absolute atomic E-state index is 12.8. The smallest absolute Gasteiger partial charge is 0.416 e. The molecule has 0 aromatic heterocycles. The van der Waals surface area contributed by atoms with Crippen molar-refractivity contribution in [2.45, 2.75) is 6.18 Å². The first-order valence-corrected chi connectivity index (χ1v) is 10.4. The summed E-state index contributed by atoms with van der Waals surface area (Å²) in [6, 6.07) is 6.44. The normalized spacial score (nSPS) is 11.8. The van der Waals surface area contributed by atoms with Gasteiger partial charge in [0.05, 0.1) is 34.7 Å². The molecule has 2 rings (SSSR count). The molecule has 0 radical (unpaired) electrons. The lowest BCUT2D eigenvalue weighted by molar-refractivity contribution is -0.137. The van der Waals surface area contributed by atoms with Gasteiger partial charge in [0, 0.05) is 11.8 Å². The fourth-order valence-electron chi connectivity index (χ4n) is 2.35. The van der Waals surface area contributed by atoms with Gasteiger partial charge in [-0.1, -0.05) is 29.3 Å². The Hall–Kier alpha value is -2.17. The molecule has 0 spiro atoms. The number of carbonyl (C=O) groups is 1. The first-order chi connectivity index (χ1) is 13.3. The Morgan fingerprint density at radius 3 is 2.38 bits per heavy atom. The number of anilines is 2. The van der Waals surface area contributed by atoms with Crippen LogP contribution in [-0.2, 0) is 21.0 Å². The second-order valence-corrected chi connectivity index (χ2v) is 8.56. The molecule has 0 fully saturated rings. The Labute approximate surface area is 175 Å². The number of benzene rings is 2. The standard InChI is InChI=1S/C17H15Cl2F3N2O4S/c1-28-15-8-14(12(18)7-13(15)19)24(29(2,26)27)9-16(25)23-11-5-3-4-10(6-11)17(20,21)22/h3-8H,9H2,1-2H3,(H,23,25). The predicted molar refractivity (Wildman–Crippen MR) is 105 cm³/mol. The van der Waals surface area contributed by atoms with Gasteiger partial charge < -0.3 is 10.1 Å². The molecular weight excluding hydrogens is 456 g/mol. The zero-order valence-electron chi connectivity index (χ0n) is 15.0. The highest BCUT2D eigenvalue weighted by molar-refractivity contribution is 7.92. The number of hydrogen-bond acceptors (Lipinski definition) is 4. The Morgan fingerprint density at radius 1 is 1.17 bits per heavy atom. The molecule has 0 aliphatic rings. The minimum Gasteiger partial charge on any atom is -0.495 e. The molecule has 158 valence electrons. The number of ether oxygens (including phenoxy) is 1. The van der Waals surface area contributed by atoms with Gasteiger partial charge in [0.15, 0.2) is 0 Å². The summed E-state index contributed by atoms with van der Waals surface area (Å²) in [6.07, 6.45) is -3.74. The number of carbonyl (C=O) groups excluding carboxylic acids is 1. The molecule has 12 heteroatoms. The van der Waals surface area contributed by atoms with E-state index in [1.54, 1.807) is 0 Å². The van der Waals surface area contributed by atoms with Gasteiger partial charge in [-0.05, 0) is 24.3 Å². The number of nitrogens with one attached hydrogen (secondary N) is 1. The zero-order chi connectivity index (χ0) is 22.0. The SMILES string of the molecule is COc1cc(N(CC(=O)Nc2cccc(C(F)(F)F)c2)S(C)(=O)=O)c(Cl)cc1Cl. The van der Waals surface area contributed by atoms with Crippen LogP contribution in [0.15, 0.2) is 36.4 Å². The number of rotatable bonds is 6. The summed E-state index contributed by atoms with van der Waals surface area (Å²) in [5, 5.41) is 2.31. The van der Waals surface area contributed by atoms with Crippen molar-refractivity contribution in [2.75, 3.05) is 29.5 Å². The molecule has 0 heterocycles. The van der Waals surface area contributed by atoms with Crippen LogP contribution in [0.1, 0.15) is 5.56 Å². The maximum atomic E-state index is 12.8. The van der Waals surface area contributed by atoms with Crippen LogP contribution in [-0.4, -0.2) is 34.2 Å². The molecule has 0 bridgehead atoms. The lowest BCUT2D eigenvalue weighted by Gasteiger charge is -2.23. The molecule has 1 N–H and O–H groups in total. The quantitative estimate of drug-likeness (QED) is 0.677. The maximum Gasteiger partial charge on any atom is 0.416 e. The second-order valence-electron chi connectivity index (χ2n) is 5.83. The zero-order valence-corrected chi connectivity index (χ0v) is 17.4. The van der Waals surface area contributed by atoms with Crippen molar-refractivity contribution in [3.8, 4) is 5.75 Å². The van der Waals surface area contributed by atoms with Gasteiger partial charge in [-0.25, -0.2) is 8.42 Å². The van der Waals surface area contributed by atoms with Gasteiger partial charge in [0.2, 0.25) is 15.9 Å². The minimum atomic E-state index is -4.59. The summed E-state index contributed by atoms with van der Waals surface area (Å²) < 4.78 is 68.5. The minimum absolute atomic E-state index is 0.0620. The van der Waals surface area contributed by atoms with Crippen LogP contribution < -0.4 is 14.4 Å². The number of amides is 1. The van der Waals surface area contributed by atoms with Crippen molar-refractivity contribution in [1.29, 1.82) is 0 Å². The third kappa shape index (κ3) is 5.91. The first-order valence-electron chi connectivity index (χ1n) is 7.81. The summed E-state index contributed by atoms with van der Waals surface area (Å²) in [6.45, 7) is -0.737. The van der Waals surface area contributed by atoms with Gasteiger partial charge in [-0.3, -0.25) is 9.10 Å². The third-order valence-electron chi connectivity index (χ3n) is 3.65. The summed E-state index contributed by atoms with van der Waals surface area (Å²) in [5.74, 6) is -0.752. The van der Waals surface area contributed by atoms with Crippen molar-refractivity contribution in [3.05, 3.63) is 52.0 Å². The molecule has 0 saturated heterocycles. The van der Waals surface area contributed by atoms with Crippen LogP contribution in [0.3, 0.4) is 0 Å². The molecule has 0 atom stereocenters. The van der Waals surface area contributed by atoms with E-state index in [9.17, 15) is 26.4 Å². The molecule has 2 aromatic rings. The average Bonchev–Trinajstić information content (AvgIpc) is 2.59. The van der Waals surface area contributed by atoms with Crippen molar-refractivity contribution < 1.29 is 31.1 Å². The Kier molecular flexibility index (Phi) is 6.92. The molecule has 1 amide bonds. The monoisotopic (exact) mass is 470 g/mol. The number of alkyl halides is 3. The van der Waals surface area contributed by atoms with E-state index >= 15 is 0 Å². The number of sulfonamides is 1. The molecule has 29 heavy (non-hydrogen) atoms. The van der Waals surface area contributed by atoms with Crippen LogP contribution in [0.2, 0.25) is 10.0 Å². The lowest BCUT2D eigenvalue weighted by Crippen LogP contribution is -2.37. The van der Waals surface area contributed by atoms with Crippen molar-refractivity contribution in [3.63, 3.8) is 0 Å².